The smallest absolute Gasteiger partial charge is 0.281 e. The van der Waals surface area contributed by atoms with Gasteiger partial charge >= 0.3 is 38.4 Å². The number of alkyl halides is 10. The van der Waals surface area contributed by atoms with E-state index in [1.54, 1.807) is 20.8 Å². The fraction of sp³-hybridized carbons (Fsp3) is 0.684. The number of thioether (sulfide) groups is 1. The Labute approximate surface area is 194 Å². The summed E-state index contributed by atoms with van der Waals surface area (Å²) < 4.78 is 168. The molecule has 0 aliphatic rings. The number of hydrogen-bond acceptors (Lipinski definition) is 3. The molecule has 0 fully saturated rings. The molecule has 0 heterocycles. The Bertz CT molecular complexity index is 1020. The van der Waals surface area contributed by atoms with Gasteiger partial charge in [-0.25, -0.2) is 0 Å². The number of halogens is 10. The van der Waals surface area contributed by atoms with E-state index in [-0.39, 0.29) is 5.56 Å². The van der Waals surface area contributed by atoms with E-state index in [1.165, 1.54) is 32.9 Å². The molecule has 0 spiro atoms. The minimum absolute atomic E-state index is 0.0567. The Kier molecular flexibility index (Phi) is 7.63. The second kappa shape index (κ2) is 8.43. The van der Waals surface area contributed by atoms with Crippen molar-refractivity contribution in [2.24, 2.45) is 0 Å². The maximum Gasteiger partial charge on any atom is 0.438 e. The molecule has 15 heteroatoms. The summed E-state index contributed by atoms with van der Waals surface area (Å²) in [5.41, 5.74) is -1.13. The fourth-order valence-corrected chi connectivity index (χ4v) is 4.19. The van der Waals surface area contributed by atoms with Crippen molar-refractivity contribution in [2.45, 2.75) is 85.5 Å². The molecule has 0 saturated heterocycles. The van der Waals surface area contributed by atoms with Gasteiger partial charge in [0.25, 0.3) is 0 Å². The summed E-state index contributed by atoms with van der Waals surface area (Å²) in [7, 11) is -7.40. The molecule has 1 aromatic rings. The molecule has 0 atom stereocenters. The van der Waals surface area contributed by atoms with Crippen LogP contribution in [0, 0.1) is 0 Å². The Morgan fingerprint density at radius 3 is 1.50 bits per heavy atom. The van der Waals surface area contributed by atoms with Crippen LogP contribution in [0.5, 0.6) is 0 Å². The van der Waals surface area contributed by atoms with E-state index in [4.69, 9.17) is 4.55 Å². The number of rotatable bonds is 7. The van der Waals surface area contributed by atoms with Gasteiger partial charge in [-0.1, -0.05) is 53.7 Å². The van der Waals surface area contributed by atoms with Gasteiger partial charge in [0.2, 0.25) is 0 Å². The summed E-state index contributed by atoms with van der Waals surface area (Å²) in [6, 6.07) is 3.42. The summed E-state index contributed by atoms with van der Waals surface area (Å²) in [5, 5.41) is -13.4. The Morgan fingerprint density at radius 1 is 0.706 bits per heavy atom. The van der Waals surface area contributed by atoms with Crippen LogP contribution in [0.25, 0.3) is 0 Å². The molecule has 1 rings (SSSR count). The molecule has 34 heavy (non-hydrogen) atoms. The van der Waals surface area contributed by atoms with Crippen LogP contribution >= 0.6 is 11.8 Å². The van der Waals surface area contributed by atoms with Gasteiger partial charge in [-0.15, -0.1) is 0 Å². The van der Waals surface area contributed by atoms with Crippen LogP contribution < -0.4 is 0 Å². The van der Waals surface area contributed by atoms with E-state index < -0.39 is 65.9 Å². The highest BCUT2D eigenvalue weighted by atomic mass is 32.2. The molecule has 0 aliphatic heterocycles. The van der Waals surface area contributed by atoms with E-state index in [9.17, 15) is 52.3 Å². The molecular formula is C19H22F10O3S2. The molecule has 0 unspecified atom stereocenters. The molecule has 1 aromatic carbocycles. The van der Waals surface area contributed by atoms with Crippen LogP contribution in [0.1, 0.15) is 52.7 Å². The zero-order chi connectivity index (χ0) is 27.6. The average Bonchev–Trinajstić information content (AvgIpc) is 2.58. The standard InChI is InChI=1S/C19H22F10O3S2/c1-13(2,3)10-7-8-12(11(9-10)14(4,5)6)33-18(26,27)16(22,23)15(20,21)17(24,25)19(28,29)34(30,31)32/h7-9H,1-6H3,(H,30,31,32). The van der Waals surface area contributed by atoms with Crippen molar-refractivity contribution >= 4 is 21.9 Å². The van der Waals surface area contributed by atoms with Crippen molar-refractivity contribution in [3.05, 3.63) is 29.3 Å². The van der Waals surface area contributed by atoms with E-state index >= 15 is 0 Å². The van der Waals surface area contributed by atoms with Crippen LogP contribution in [0.15, 0.2) is 23.1 Å². The van der Waals surface area contributed by atoms with Gasteiger partial charge in [0.05, 0.1) is 0 Å². The summed E-state index contributed by atoms with van der Waals surface area (Å²) in [5.74, 6) is -22.5. The molecular weight excluding hydrogens is 530 g/mol. The molecule has 0 bridgehead atoms. The molecule has 0 radical (unpaired) electrons. The zero-order valence-corrected chi connectivity index (χ0v) is 20.2. The van der Waals surface area contributed by atoms with Crippen LogP contribution in [0.2, 0.25) is 0 Å². The average molecular weight is 552 g/mol. The van der Waals surface area contributed by atoms with E-state index in [0.29, 0.717) is 5.56 Å². The molecule has 0 aromatic heterocycles. The lowest BCUT2D eigenvalue weighted by molar-refractivity contribution is -0.374. The largest absolute Gasteiger partial charge is 0.438 e. The summed E-state index contributed by atoms with van der Waals surface area (Å²) in [6.45, 7) is 9.56. The van der Waals surface area contributed by atoms with E-state index in [2.05, 4.69) is 0 Å². The van der Waals surface area contributed by atoms with Gasteiger partial charge in [-0.3, -0.25) is 4.55 Å². The van der Waals surface area contributed by atoms with Crippen molar-refractivity contribution in [1.82, 2.24) is 0 Å². The van der Waals surface area contributed by atoms with Crippen molar-refractivity contribution in [3.63, 3.8) is 0 Å². The topological polar surface area (TPSA) is 54.4 Å². The quantitative estimate of drug-likeness (QED) is 0.218. The Balaban J connectivity index is 3.67. The van der Waals surface area contributed by atoms with Crippen LogP contribution in [-0.2, 0) is 20.9 Å². The second-order valence-electron chi connectivity index (χ2n) is 9.54. The maximum atomic E-state index is 14.4. The van der Waals surface area contributed by atoms with Gasteiger partial charge in [0.1, 0.15) is 0 Å². The first-order valence-electron chi connectivity index (χ1n) is 9.26. The third-order valence-corrected chi connectivity index (χ3v) is 6.73. The highest BCUT2D eigenvalue weighted by Gasteiger charge is 2.89. The maximum absolute atomic E-state index is 14.4. The number of benzene rings is 1. The molecule has 198 valence electrons. The predicted molar refractivity (Wildman–Crippen MR) is 106 cm³/mol. The molecule has 3 nitrogen and oxygen atoms in total. The monoisotopic (exact) mass is 552 g/mol. The third-order valence-electron chi connectivity index (χ3n) is 4.74. The summed E-state index contributed by atoms with van der Waals surface area (Å²) in [4.78, 5) is -0.731. The third kappa shape index (κ3) is 5.01. The fourth-order valence-electron chi connectivity index (χ4n) is 2.60. The lowest BCUT2D eigenvalue weighted by Gasteiger charge is -2.38. The minimum atomic E-state index is -7.62. The van der Waals surface area contributed by atoms with Gasteiger partial charge in [-0.05, 0) is 39.8 Å². The van der Waals surface area contributed by atoms with Crippen molar-refractivity contribution in [2.75, 3.05) is 0 Å². The highest BCUT2D eigenvalue weighted by molar-refractivity contribution is 8.00. The van der Waals surface area contributed by atoms with Gasteiger partial charge in [-0.2, -0.15) is 52.3 Å². The Morgan fingerprint density at radius 2 is 1.15 bits per heavy atom. The van der Waals surface area contributed by atoms with Crippen molar-refractivity contribution in [1.29, 1.82) is 0 Å². The summed E-state index contributed by atoms with van der Waals surface area (Å²) >= 11 is -1.27. The lowest BCUT2D eigenvalue weighted by Crippen LogP contribution is -2.68. The SMILES string of the molecule is CC(C)(C)c1ccc(SC(F)(F)C(F)(F)C(F)(F)C(F)(F)C(F)(F)S(=O)(=O)O)c(C(C)(C)C)c1. The molecule has 0 amide bonds. The van der Waals surface area contributed by atoms with E-state index in [0.717, 1.165) is 6.07 Å². The first-order chi connectivity index (χ1) is 14.6. The van der Waals surface area contributed by atoms with Crippen LogP contribution in [0.3, 0.4) is 0 Å². The van der Waals surface area contributed by atoms with Crippen LogP contribution in [0.4, 0.5) is 43.9 Å². The molecule has 0 aliphatic carbocycles. The Hall–Kier alpha value is -1.22. The predicted octanol–water partition coefficient (Wildman–Crippen LogP) is 7.35. The minimum Gasteiger partial charge on any atom is -0.281 e. The molecule has 0 saturated carbocycles. The van der Waals surface area contributed by atoms with Gasteiger partial charge < -0.3 is 0 Å². The normalized spacial score (nSPS) is 15.6. The summed E-state index contributed by atoms with van der Waals surface area (Å²) in [6.07, 6.45) is 0. The lowest BCUT2D eigenvalue weighted by atomic mass is 9.81. The molecule has 1 N–H and O–H groups in total. The van der Waals surface area contributed by atoms with Crippen LogP contribution in [-0.4, -0.2) is 41.2 Å². The highest BCUT2D eigenvalue weighted by Crippen LogP contribution is 2.61. The zero-order valence-electron chi connectivity index (χ0n) is 18.6. The van der Waals surface area contributed by atoms with Crippen molar-refractivity contribution < 1.29 is 56.9 Å². The van der Waals surface area contributed by atoms with Gasteiger partial charge in [0, 0.05) is 4.90 Å². The first-order valence-corrected chi connectivity index (χ1v) is 11.5. The van der Waals surface area contributed by atoms with E-state index in [1.807, 2.05) is 0 Å². The number of hydrogen-bond donors (Lipinski definition) is 1. The van der Waals surface area contributed by atoms with Crippen molar-refractivity contribution in [3.8, 4) is 0 Å². The first kappa shape index (κ1) is 30.8. The second-order valence-corrected chi connectivity index (χ2v) is 12.2. The van der Waals surface area contributed by atoms with Gasteiger partial charge in [0.15, 0.2) is 0 Å².